The van der Waals surface area contributed by atoms with Crippen molar-refractivity contribution in [3.63, 3.8) is 0 Å². The third-order valence-corrected chi connectivity index (χ3v) is 6.37. The van der Waals surface area contributed by atoms with E-state index in [1.54, 1.807) is 18.2 Å². The van der Waals surface area contributed by atoms with Crippen LogP contribution < -0.4 is 14.8 Å². The summed E-state index contributed by atoms with van der Waals surface area (Å²) >= 11 is 0. The molecule has 8 nitrogen and oxygen atoms in total. The summed E-state index contributed by atoms with van der Waals surface area (Å²) in [6.07, 6.45) is 0.523. The third-order valence-electron chi connectivity index (χ3n) is 4.50. The maximum atomic E-state index is 12.6. The normalized spacial score (nSPS) is 12.8. The van der Waals surface area contributed by atoms with Crippen LogP contribution in [0.2, 0.25) is 0 Å². The van der Waals surface area contributed by atoms with Crippen LogP contribution in [-0.2, 0) is 14.8 Å². The Morgan fingerprint density at radius 1 is 1.07 bits per heavy atom. The van der Waals surface area contributed by atoms with Gasteiger partial charge in [-0.15, -0.1) is 0 Å². The lowest BCUT2D eigenvalue weighted by Gasteiger charge is -2.17. The summed E-state index contributed by atoms with van der Waals surface area (Å²) in [5, 5.41) is 2.76. The molecule has 1 aliphatic heterocycles. The lowest BCUT2D eigenvalue weighted by Crippen LogP contribution is -2.28. The van der Waals surface area contributed by atoms with E-state index in [1.165, 1.54) is 42.5 Å². The van der Waals surface area contributed by atoms with Crippen LogP contribution in [0.1, 0.15) is 30.1 Å². The number of carbonyl (C=O) groups excluding carboxylic acids is 2. The minimum Gasteiger partial charge on any atom is -0.454 e. The molecule has 2 aromatic carbocycles. The minimum atomic E-state index is -3.69. The number of ketones is 1. The number of sulfonamides is 1. The number of benzene rings is 2. The zero-order valence-electron chi connectivity index (χ0n) is 16.2. The summed E-state index contributed by atoms with van der Waals surface area (Å²) in [5.41, 5.74) is 1.04. The van der Waals surface area contributed by atoms with Crippen LogP contribution in [0.4, 0.5) is 5.69 Å². The number of nitrogens with one attached hydrogen (secondary N) is 1. The number of fused-ring (bicyclic) bond motifs is 1. The minimum absolute atomic E-state index is 0.106. The van der Waals surface area contributed by atoms with E-state index in [9.17, 15) is 18.0 Å². The maximum absolute atomic E-state index is 12.6. The molecule has 0 aromatic heterocycles. The standard InChI is InChI=1S/C20H22N2O6S/c1-14(23)15-5-8-17(9-6-15)29(25,26)22(2)11-3-4-20(24)21-16-7-10-18-19(12-16)28-13-27-18/h5-10,12H,3-4,11,13H2,1-2H3,(H,21,24). The topological polar surface area (TPSA) is 102 Å². The molecule has 0 saturated carbocycles. The molecule has 1 heterocycles. The quantitative estimate of drug-likeness (QED) is 0.662. The highest BCUT2D eigenvalue weighted by Gasteiger charge is 2.21. The molecular formula is C20H22N2O6S. The number of nitrogens with zero attached hydrogens (tertiary/aromatic N) is 1. The Morgan fingerprint density at radius 3 is 2.45 bits per heavy atom. The molecule has 0 radical (unpaired) electrons. The number of amides is 1. The average Bonchev–Trinajstić information content (AvgIpc) is 3.15. The Morgan fingerprint density at radius 2 is 1.76 bits per heavy atom. The van der Waals surface area contributed by atoms with Gasteiger partial charge in [0.05, 0.1) is 4.90 Å². The summed E-state index contributed by atoms with van der Waals surface area (Å²) in [7, 11) is -2.22. The Balaban J connectivity index is 1.51. The van der Waals surface area contributed by atoms with Gasteiger partial charge in [0, 0.05) is 37.3 Å². The Kier molecular flexibility index (Phi) is 6.19. The fraction of sp³-hybridized carbons (Fsp3) is 0.300. The zero-order valence-corrected chi connectivity index (χ0v) is 17.0. The van der Waals surface area contributed by atoms with Crippen LogP contribution >= 0.6 is 0 Å². The van der Waals surface area contributed by atoms with Gasteiger partial charge in [-0.3, -0.25) is 9.59 Å². The first-order chi connectivity index (χ1) is 13.8. The molecule has 0 atom stereocenters. The van der Waals surface area contributed by atoms with E-state index in [0.717, 1.165) is 0 Å². The average molecular weight is 418 g/mol. The molecule has 1 N–H and O–H groups in total. The van der Waals surface area contributed by atoms with Gasteiger partial charge in [-0.1, -0.05) is 12.1 Å². The molecular weight excluding hydrogens is 396 g/mol. The third kappa shape index (κ3) is 4.93. The molecule has 3 rings (SSSR count). The van der Waals surface area contributed by atoms with Gasteiger partial charge < -0.3 is 14.8 Å². The van der Waals surface area contributed by atoms with E-state index in [2.05, 4.69) is 5.32 Å². The summed E-state index contributed by atoms with van der Waals surface area (Å²) in [6.45, 7) is 1.76. The van der Waals surface area contributed by atoms with Crippen LogP contribution in [0.15, 0.2) is 47.4 Å². The second-order valence-electron chi connectivity index (χ2n) is 6.63. The van der Waals surface area contributed by atoms with Crippen LogP contribution in [0.5, 0.6) is 11.5 Å². The molecule has 1 amide bonds. The fourth-order valence-corrected chi connectivity index (χ4v) is 4.03. The number of carbonyl (C=O) groups is 2. The van der Waals surface area contributed by atoms with Crippen molar-refractivity contribution >= 4 is 27.4 Å². The largest absolute Gasteiger partial charge is 0.454 e. The van der Waals surface area contributed by atoms with Gasteiger partial charge in [-0.25, -0.2) is 12.7 Å². The van der Waals surface area contributed by atoms with Crippen molar-refractivity contribution in [1.29, 1.82) is 0 Å². The lowest BCUT2D eigenvalue weighted by molar-refractivity contribution is -0.116. The highest BCUT2D eigenvalue weighted by atomic mass is 32.2. The van der Waals surface area contributed by atoms with Crippen LogP contribution in [0.3, 0.4) is 0 Å². The molecule has 0 saturated heterocycles. The first kappa shape index (κ1) is 20.8. The molecule has 1 aliphatic rings. The SMILES string of the molecule is CC(=O)c1ccc(S(=O)(=O)N(C)CCCC(=O)Nc2ccc3c(c2)OCO3)cc1. The fourth-order valence-electron chi connectivity index (χ4n) is 2.82. The summed E-state index contributed by atoms with van der Waals surface area (Å²) in [4.78, 5) is 23.6. The van der Waals surface area contributed by atoms with E-state index in [1.807, 2.05) is 0 Å². The van der Waals surface area contributed by atoms with Gasteiger partial charge in [0.25, 0.3) is 0 Å². The van der Waals surface area contributed by atoms with Gasteiger partial charge in [-0.2, -0.15) is 0 Å². The zero-order chi connectivity index (χ0) is 21.0. The predicted molar refractivity (Wildman–Crippen MR) is 107 cm³/mol. The van der Waals surface area contributed by atoms with Crippen LogP contribution in [0, 0.1) is 0 Å². The Bertz CT molecular complexity index is 1020. The van der Waals surface area contributed by atoms with Crippen LogP contribution in [0.25, 0.3) is 0 Å². The predicted octanol–water partition coefficient (Wildman–Crippen LogP) is 2.66. The Labute approximate surface area is 169 Å². The molecule has 0 spiro atoms. The molecule has 9 heteroatoms. The van der Waals surface area contributed by atoms with Crippen molar-refractivity contribution in [3.05, 3.63) is 48.0 Å². The van der Waals surface area contributed by atoms with E-state index in [0.29, 0.717) is 29.2 Å². The summed E-state index contributed by atoms with van der Waals surface area (Å²) in [5.74, 6) is 0.854. The molecule has 0 aliphatic carbocycles. The van der Waals surface area contributed by atoms with Crippen molar-refractivity contribution in [3.8, 4) is 11.5 Å². The molecule has 2 aromatic rings. The molecule has 0 unspecified atom stereocenters. The molecule has 29 heavy (non-hydrogen) atoms. The number of hydrogen-bond acceptors (Lipinski definition) is 6. The number of rotatable bonds is 8. The summed E-state index contributed by atoms with van der Waals surface area (Å²) < 4.78 is 36.9. The van der Waals surface area contributed by atoms with Crippen molar-refractivity contribution in [2.75, 3.05) is 25.7 Å². The molecule has 0 bridgehead atoms. The summed E-state index contributed by atoms with van der Waals surface area (Å²) in [6, 6.07) is 10.9. The second kappa shape index (κ2) is 8.62. The van der Waals surface area contributed by atoms with Crippen molar-refractivity contribution in [2.24, 2.45) is 0 Å². The van der Waals surface area contributed by atoms with Crippen molar-refractivity contribution in [1.82, 2.24) is 4.31 Å². The molecule has 154 valence electrons. The van der Waals surface area contributed by atoms with Gasteiger partial charge in [0.15, 0.2) is 17.3 Å². The van der Waals surface area contributed by atoms with Crippen molar-refractivity contribution in [2.45, 2.75) is 24.7 Å². The van der Waals surface area contributed by atoms with Gasteiger partial charge in [0.2, 0.25) is 22.7 Å². The van der Waals surface area contributed by atoms with Gasteiger partial charge in [-0.05, 0) is 37.6 Å². The Hall–Kier alpha value is -2.91. The number of anilines is 1. The first-order valence-electron chi connectivity index (χ1n) is 9.04. The maximum Gasteiger partial charge on any atom is 0.242 e. The van der Waals surface area contributed by atoms with Gasteiger partial charge >= 0.3 is 0 Å². The van der Waals surface area contributed by atoms with E-state index >= 15 is 0 Å². The number of ether oxygens (including phenoxy) is 2. The number of Topliss-reactive ketones (excluding diaryl/α,β-unsaturated/α-hetero) is 1. The van der Waals surface area contributed by atoms with E-state index < -0.39 is 10.0 Å². The molecule has 0 fully saturated rings. The monoisotopic (exact) mass is 418 g/mol. The van der Waals surface area contributed by atoms with Crippen molar-refractivity contribution < 1.29 is 27.5 Å². The first-order valence-corrected chi connectivity index (χ1v) is 10.5. The van der Waals surface area contributed by atoms with Crippen LogP contribution in [-0.4, -0.2) is 44.8 Å². The van der Waals surface area contributed by atoms with E-state index in [4.69, 9.17) is 9.47 Å². The highest BCUT2D eigenvalue weighted by Crippen LogP contribution is 2.34. The number of hydrogen-bond donors (Lipinski definition) is 1. The highest BCUT2D eigenvalue weighted by molar-refractivity contribution is 7.89. The van der Waals surface area contributed by atoms with E-state index in [-0.39, 0.29) is 36.3 Å². The second-order valence-corrected chi connectivity index (χ2v) is 8.67. The van der Waals surface area contributed by atoms with Gasteiger partial charge in [0.1, 0.15) is 0 Å². The smallest absolute Gasteiger partial charge is 0.242 e. The lowest BCUT2D eigenvalue weighted by atomic mass is 10.2.